The van der Waals surface area contributed by atoms with E-state index in [0.29, 0.717) is 11.3 Å². The van der Waals surface area contributed by atoms with Crippen LogP contribution in [0.3, 0.4) is 0 Å². The van der Waals surface area contributed by atoms with E-state index in [-0.39, 0.29) is 21.4 Å². The molecule has 0 radical (unpaired) electrons. The molecule has 9 heteroatoms. The van der Waals surface area contributed by atoms with Crippen molar-refractivity contribution >= 4 is 68.5 Å². The highest BCUT2D eigenvalue weighted by molar-refractivity contribution is 9.10. The number of anilines is 1. The predicted octanol–water partition coefficient (Wildman–Crippen LogP) is 4.34. The maximum absolute atomic E-state index is 12.1. The van der Waals surface area contributed by atoms with Gasteiger partial charge in [-0.1, -0.05) is 27.5 Å². The standard InChI is InChI=1S/C18H14BrClN2O4S/c1-26-15-6-4-12(19)8-10(15)3-7-16(23)22-18(27)21-14-9-11(17(24)25)2-5-13(14)20/h2-9H,1H3,(H,24,25)(H2,21,22,23,27). The molecule has 140 valence electrons. The van der Waals surface area contributed by atoms with Crippen LogP contribution in [-0.2, 0) is 4.79 Å². The van der Waals surface area contributed by atoms with Gasteiger partial charge in [0.25, 0.3) is 0 Å². The summed E-state index contributed by atoms with van der Waals surface area (Å²) in [6.07, 6.45) is 2.88. The van der Waals surface area contributed by atoms with Gasteiger partial charge in [0.05, 0.1) is 23.4 Å². The Morgan fingerprint density at radius 2 is 2.00 bits per heavy atom. The lowest BCUT2D eigenvalue weighted by atomic mass is 10.2. The summed E-state index contributed by atoms with van der Waals surface area (Å²) >= 11 is 14.4. The fourth-order valence-corrected chi connectivity index (χ4v) is 2.82. The second-order valence-corrected chi connectivity index (χ2v) is 6.89. The Labute approximate surface area is 174 Å². The molecule has 0 saturated heterocycles. The van der Waals surface area contributed by atoms with Gasteiger partial charge in [0, 0.05) is 16.1 Å². The monoisotopic (exact) mass is 468 g/mol. The second-order valence-electron chi connectivity index (χ2n) is 5.16. The van der Waals surface area contributed by atoms with Crippen molar-refractivity contribution in [2.45, 2.75) is 0 Å². The summed E-state index contributed by atoms with van der Waals surface area (Å²) in [7, 11) is 1.54. The third kappa shape index (κ3) is 6.06. The number of halogens is 2. The first-order valence-corrected chi connectivity index (χ1v) is 9.04. The van der Waals surface area contributed by atoms with E-state index < -0.39 is 11.9 Å². The number of hydrogen-bond donors (Lipinski definition) is 3. The van der Waals surface area contributed by atoms with Gasteiger partial charge in [0.2, 0.25) is 5.91 Å². The summed E-state index contributed by atoms with van der Waals surface area (Å²) in [5, 5.41) is 14.4. The molecular formula is C18H14BrClN2O4S. The summed E-state index contributed by atoms with van der Waals surface area (Å²) < 4.78 is 6.07. The first-order chi connectivity index (χ1) is 12.8. The van der Waals surface area contributed by atoms with Crippen molar-refractivity contribution < 1.29 is 19.4 Å². The van der Waals surface area contributed by atoms with Gasteiger partial charge in [0.15, 0.2) is 5.11 Å². The lowest BCUT2D eigenvalue weighted by molar-refractivity contribution is -0.115. The van der Waals surface area contributed by atoms with Gasteiger partial charge in [0.1, 0.15) is 5.75 Å². The minimum Gasteiger partial charge on any atom is -0.496 e. The van der Waals surface area contributed by atoms with Gasteiger partial charge in [-0.05, 0) is 54.7 Å². The maximum atomic E-state index is 12.1. The fourth-order valence-electron chi connectivity index (χ4n) is 2.06. The molecule has 2 aromatic rings. The molecule has 2 aromatic carbocycles. The van der Waals surface area contributed by atoms with Gasteiger partial charge in [-0.2, -0.15) is 0 Å². The number of ether oxygens (including phenoxy) is 1. The number of thiocarbonyl (C=S) groups is 1. The molecule has 1 amide bonds. The number of hydrogen-bond acceptors (Lipinski definition) is 4. The molecule has 27 heavy (non-hydrogen) atoms. The molecule has 0 spiro atoms. The predicted molar refractivity (Wildman–Crippen MR) is 113 cm³/mol. The van der Waals surface area contributed by atoms with E-state index in [9.17, 15) is 9.59 Å². The molecule has 6 nitrogen and oxygen atoms in total. The molecule has 2 rings (SSSR count). The number of carbonyl (C=O) groups excluding carboxylic acids is 1. The molecule has 0 atom stereocenters. The smallest absolute Gasteiger partial charge is 0.335 e. The van der Waals surface area contributed by atoms with Crippen LogP contribution >= 0.6 is 39.7 Å². The van der Waals surface area contributed by atoms with E-state index in [1.54, 1.807) is 18.2 Å². The summed E-state index contributed by atoms with van der Waals surface area (Å²) in [4.78, 5) is 23.1. The van der Waals surface area contributed by atoms with Gasteiger partial charge < -0.3 is 15.2 Å². The fraction of sp³-hybridized carbons (Fsp3) is 0.0556. The maximum Gasteiger partial charge on any atom is 0.335 e. The van der Waals surface area contributed by atoms with Crippen LogP contribution in [0.4, 0.5) is 5.69 Å². The minimum atomic E-state index is -1.10. The minimum absolute atomic E-state index is 0.0182. The third-order valence-corrected chi connectivity index (χ3v) is 4.33. The van der Waals surface area contributed by atoms with E-state index in [2.05, 4.69) is 26.6 Å². The summed E-state index contributed by atoms with van der Waals surface area (Å²) in [6.45, 7) is 0. The molecular weight excluding hydrogens is 456 g/mol. The molecule has 3 N–H and O–H groups in total. The molecule has 0 aliphatic rings. The number of nitrogens with one attached hydrogen (secondary N) is 2. The van der Waals surface area contributed by atoms with E-state index in [0.717, 1.165) is 4.47 Å². The van der Waals surface area contributed by atoms with Crippen molar-refractivity contribution in [1.29, 1.82) is 0 Å². The van der Waals surface area contributed by atoms with Crippen LogP contribution in [0.2, 0.25) is 5.02 Å². The largest absolute Gasteiger partial charge is 0.496 e. The van der Waals surface area contributed by atoms with Crippen LogP contribution in [0, 0.1) is 0 Å². The Morgan fingerprint density at radius 3 is 2.67 bits per heavy atom. The molecule has 0 bridgehead atoms. The van der Waals surface area contributed by atoms with E-state index in [1.165, 1.54) is 31.4 Å². The van der Waals surface area contributed by atoms with Crippen molar-refractivity contribution in [2.24, 2.45) is 0 Å². The third-order valence-electron chi connectivity index (χ3n) is 3.30. The van der Waals surface area contributed by atoms with Gasteiger partial charge >= 0.3 is 5.97 Å². The zero-order valence-corrected chi connectivity index (χ0v) is 17.1. The normalized spacial score (nSPS) is 10.5. The first kappa shape index (κ1) is 20.9. The number of rotatable bonds is 5. The number of amides is 1. The topological polar surface area (TPSA) is 87.7 Å². The summed E-state index contributed by atoms with van der Waals surface area (Å²) in [6, 6.07) is 9.51. The average molecular weight is 470 g/mol. The lowest BCUT2D eigenvalue weighted by Crippen LogP contribution is -2.33. The first-order valence-electron chi connectivity index (χ1n) is 7.46. The van der Waals surface area contributed by atoms with E-state index >= 15 is 0 Å². The Morgan fingerprint density at radius 1 is 1.26 bits per heavy atom. The Bertz CT molecular complexity index is 934. The highest BCUT2D eigenvalue weighted by atomic mass is 79.9. The number of benzene rings is 2. The highest BCUT2D eigenvalue weighted by Crippen LogP contribution is 2.24. The number of carbonyl (C=O) groups is 2. The van der Waals surface area contributed by atoms with Crippen LogP contribution in [0.15, 0.2) is 46.9 Å². The molecule has 0 heterocycles. The van der Waals surface area contributed by atoms with Crippen molar-refractivity contribution in [3.63, 3.8) is 0 Å². The second kappa shape index (κ2) is 9.50. The highest BCUT2D eigenvalue weighted by Gasteiger charge is 2.10. The van der Waals surface area contributed by atoms with Crippen molar-refractivity contribution in [1.82, 2.24) is 5.32 Å². The van der Waals surface area contributed by atoms with Crippen LogP contribution in [0.25, 0.3) is 6.08 Å². The molecule has 0 aliphatic heterocycles. The van der Waals surface area contributed by atoms with Gasteiger partial charge in [-0.15, -0.1) is 0 Å². The van der Waals surface area contributed by atoms with Crippen LogP contribution in [0.5, 0.6) is 5.75 Å². The van der Waals surface area contributed by atoms with Crippen molar-refractivity contribution in [3.05, 3.63) is 63.1 Å². The summed E-state index contributed by atoms with van der Waals surface area (Å²) in [5.74, 6) is -0.962. The average Bonchev–Trinajstić information content (AvgIpc) is 2.61. The molecule has 0 aliphatic carbocycles. The van der Waals surface area contributed by atoms with Crippen LogP contribution in [-0.4, -0.2) is 29.2 Å². The quantitative estimate of drug-likeness (QED) is 0.446. The van der Waals surface area contributed by atoms with Crippen LogP contribution in [0.1, 0.15) is 15.9 Å². The van der Waals surface area contributed by atoms with E-state index in [1.807, 2.05) is 6.07 Å². The Balaban J connectivity index is 2.04. The Hall–Kier alpha value is -2.42. The zero-order valence-electron chi connectivity index (χ0n) is 14.0. The summed E-state index contributed by atoms with van der Waals surface area (Å²) in [5.41, 5.74) is 1.02. The van der Waals surface area contributed by atoms with Crippen molar-refractivity contribution in [3.8, 4) is 5.75 Å². The van der Waals surface area contributed by atoms with Crippen LogP contribution < -0.4 is 15.4 Å². The number of methoxy groups -OCH3 is 1. The Kier molecular flexibility index (Phi) is 7.35. The zero-order chi connectivity index (χ0) is 20.0. The molecule has 0 aromatic heterocycles. The van der Waals surface area contributed by atoms with Crippen molar-refractivity contribution in [2.75, 3.05) is 12.4 Å². The number of carboxylic acid groups (broad SMARTS) is 1. The van der Waals surface area contributed by atoms with Gasteiger partial charge in [-0.3, -0.25) is 10.1 Å². The molecule has 0 unspecified atom stereocenters. The number of carboxylic acids is 1. The SMILES string of the molecule is COc1ccc(Br)cc1C=CC(=O)NC(=S)Nc1cc(C(=O)O)ccc1Cl. The van der Waals surface area contributed by atoms with Gasteiger partial charge in [-0.25, -0.2) is 4.79 Å². The molecule has 0 saturated carbocycles. The number of aromatic carboxylic acids is 1. The van der Waals surface area contributed by atoms with E-state index in [4.69, 9.17) is 33.7 Å². The lowest BCUT2D eigenvalue weighted by Gasteiger charge is -2.10. The molecule has 0 fully saturated rings.